The molecule has 0 spiro atoms. The largest absolute Gasteiger partial charge is 0.453 e. The number of nitrogens with zero attached hydrogens (tertiary/aromatic N) is 2. The number of esters is 1. The predicted octanol–water partition coefficient (Wildman–Crippen LogP) is 4.78. The Morgan fingerprint density at radius 3 is 1.83 bits per heavy atom. The second-order valence-electron chi connectivity index (χ2n) is 8.55. The maximum atomic E-state index is 12.9. The van der Waals surface area contributed by atoms with Crippen molar-refractivity contribution in [2.75, 3.05) is 0 Å². The van der Waals surface area contributed by atoms with Crippen molar-refractivity contribution in [3.05, 3.63) is 119 Å². The zero-order chi connectivity index (χ0) is 25.1. The van der Waals surface area contributed by atoms with E-state index in [2.05, 4.69) is 51.9 Å². The molecule has 3 aromatic carbocycles. The van der Waals surface area contributed by atoms with E-state index in [4.69, 9.17) is 9.26 Å². The zero-order valence-corrected chi connectivity index (χ0v) is 20.6. The first kappa shape index (κ1) is 23.8. The van der Waals surface area contributed by atoms with Gasteiger partial charge in [0.1, 0.15) is 5.92 Å². The summed E-state index contributed by atoms with van der Waals surface area (Å²) in [5, 5.41) is 6.59. The van der Waals surface area contributed by atoms with E-state index in [0.717, 1.165) is 16.7 Å². The molecule has 5 rings (SSSR count). The molecule has 3 unspecified atom stereocenters. The minimum atomic E-state index is -0.966. The van der Waals surface area contributed by atoms with Crippen molar-refractivity contribution < 1.29 is 18.8 Å². The number of hydrogen-bond acceptors (Lipinski definition) is 7. The standard InChI is InChI=1S/C28H25N3O4S/c1-18-29-25(31-35-18)24(34-19(2)32)23-26(33)30-27(23)36-28(20-12-6-3-7-13-20,21-14-8-4-9-15-21)22-16-10-5-11-17-22/h3-17,23-24,27H,1-2H3,(H,30,33). The van der Waals surface area contributed by atoms with Crippen LogP contribution in [-0.2, 0) is 19.1 Å². The van der Waals surface area contributed by atoms with Crippen LogP contribution >= 0.6 is 11.8 Å². The highest BCUT2D eigenvalue weighted by Crippen LogP contribution is 2.53. The molecule has 1 saturated heterocycles. The van der Waals surface area contributed by atoms with Gasteiger partial charge in [-0.25, -0.2) is 0 Å². The summed E-state index contributed by atoms with van der Waals surface area (Å²) >= 11 is 1.60. The van der Waals surface area contributed by atoms with Crippen LogP contribution in [0.25, 0.3) is 0 Å². The number of carbonyl (C=O) groups is 2. The first-order chi connectivity index (χ1) is 17.5. The Kier molecular flexibility index (Phi) is 6.61. The summed E-state index contributed by atoms with van der Waals surface area (Å²) in [5.74, 6) is -0.946. The molecule has 0 saturated carbocycles. The molecule has 1 aliphatic rings. The van der Waals surface area contributed by atoms with E-state index < -0.39 is 28.1 Å². The van der Waals surface area contributed by atoms with Gasteiger partial charge in [-0.05, 0) is 16.7 Å². The third-order valence-electron chi connectivity index (χ3n) is 6.17. The van der Waals surface area contributed by atoms with Gasteiger partial charge in [-0.2, -0.15) is 4.98 Å². The number of ether oxygens (including phenoxy) is 1. The van der Waals surface area contributed by atoms with Gasteiger partial charge in [0, 0.05) is 13.8 Å². The molecule has 1 amide bonds. The molecule has 1 fully saturated rings. The molecule has 1 aromatic heterocycles. The van der Waals surface area contributed by atoms with Crippen LogP contribution in [0.1, 0.15) is 41.4 Å². The lowest BCUT2D eigenvalue weighted by atomic mass is 9.84. The first-order valence-electron chi connectivity index (χ1n) is 11.6. The average Bonchev–Trinajstić information content (AvgIpc) is 3.33. The number of rotatable bonds is 8. The van der Waals surface area contributed by atoms with Crippen LogP contribution in [0.5, 0.6) is 0 Å². The van der Waals surface area contributed by atoms with Crippen LogP contribution < -0.4 is 5.32 Å². The van der Waals surface area contributed by atoms with Gasteiger partial charge >= 0.3 is 5.97 Å². The first-order valence-corrected chi connectivity index (χ1v) is 12.5. The molecule has 0 radical (unpaired) electrons. The zero-order valence-electron chi connectivity index (χ0n) is 19.8. The number of carbonyl (C=O) groups excluding carboxylic acids is 2. The summed E-state index contributed by atoms with van der Waals surface area (Å²) in [4.78, 5) is 29.2. The average molecular weight is 500 g/mol. The van der Waals surface area contributed by atoms with Crippen molar-refractivity contribution in [1.82, 2.24) is 15.5 Å². The predicted molar refractivity (Wildman–Crippen MR) is 136 cm³/mol. The molecule has 8 heteroatoms. The second kappa shape index (κ2) is 9.99. The van der Waals surface area contributed by atoms with E-state index in [-0.39, 0.29) is 11.7 Å². The number of aromatic nitrogens is 2. The highest BCUT2D eigenvalue weighted by molar-refractivity contribution is 8.01. The molecule has 2 heterocycles. The smallest absolute Gasteiger partial charge is 0.303 e. The Hall–Kier alpha value is -3.91. The van der Waals surface area contributed by atoms with Gasteiger partial charge in [0.05, 0.1) is 10.1 Å². The number of thioether (sulfide) groups is 1. The Morgan fingerprint density at radius 1 is 0.944 bits per heavy atom. The number of hydrogen-bond donors (Lipinski definition) is 1. The lowest BCUT2D eigenvalue weighted by Gasteiger charge is -2.45. The molecular formula is C28H25N3O4S. The van der Waals surface area contributed by atoms with Crippen molar-refractivity contribution in [1.29, 1.82) is 0 Å². The maximum absolute atomic E-state index is 12.9. The molecule has 7 nitrogen and oxygen atoms in total. The van der Waals surface area contributed by atoms with Crippen LogP contribution in [-0.4, -0.2) is 27.4 Å². The number of nitrogens with one attached hydrogen (secondary N) is 1. The van der Waals surface area contributed by atoms with Gasteiger partial charge in [0.25, 0.3) is 0 Å². The minimum absolute atomic E-state index is 0.179. The van der Waals surface area contributed by atoms with Crippen molar-refractivity contribution in [2.24, 2.45) is 5.92 Å². The van der Waals surface area contributed by atoms with E-state index in [0.29, 0.717) is 5.89 Å². The number of aryl methyl sites for hydroxylation is 1. The molecular weight excluding hydrogens is 474 g/mol. The fourth-order valence-corrected chi connectivity index (χ4v) is 6.36. The Bertz CT molecular complexity index is 1250. The summed E-state index contributed by atoms with van der Waals surface area (Å²) in [5.41, 5.74) is 3.19. The Morgan fingerprint density at radius 2 is 1.44 bits per heavy atom. The fraction of sp³-hybridized carbons (Fsp3) is 0.214. The second-order valence-corrected chi connectivity index (χ2v) is 9.91. The SMILES string of the molecule is CC(=O)OC(c1noc(C)n1)C1C(=O)NC1SC(c1ccccc1)(c1ccccc1)c1ccccc1. The lowest BCUT2D eigenvalue weighted by molar-refractivity contribution is -0.157. The van der Waals surface area contributed by atoms with Crippen molar-refractivity contribution >= 4 is 23.6 Å². The van der Waals surface area contributed by atoms with Crippen LogP contribution in [0.4, 0.5) is 0 Å². The molecule has 0 aliphatic carbocycles. The third-order valence-corrected chi connectivity index (χ3v) is 7.90. The van der Waals surface area contributed by atoms with Gasteiger partial charge in [0.2, 0.25) is 17.6 Å². The molecule has 1 N–H and O–H groups in total. The van der Waals surface area contributed by atoms with E-state index in [1.807, 2.05) is 54.6 Å². The maximum Gasteiger partial charge on any atom is 0.303 e. The minimum Gasteiger partial charge on any atom is -0.453 e. The van der Waals surface area contributed by atoms with E-state index in [1.165, 1.54) is 6.92 Å². The van der Waals surface area contributed by atoms with E-state index >= 15 is 0 Å². The van der Waals surface area contributed by atoms with Crippen LogP contribution in [0.3, 0.4) is 0 Å². The molecule has 1 aliphatic heterocycles. The van der Waals surface area contributed by atoms with Crippen LogP contribution in [0.2, 0.25) is 0 Å². The highest BCUT2D eigenvalue weighted by atomic mass is 32.2. The van der Waals surface area contributed by atoms with E-state index in [9.17, 15) is 9.59 Å². The van der Waals surface area contributed by atoms with Crippen molar-refractivity contribution in [3.8, 4) is 0 Å². The lowest BCUT2D eigenvalue weighted by Crippen LogP contribution is -2.60. The van der Waals surface area contributed by atoms with Gasteiger partial charge in [-0.3, -0.25) is 9.59 Å². The van der Waals surface area contributed by atoms with Crippen LogP contribution in [0, 0.1) is 12.8 Å². The van der Waals surface area contributed by atoms with Crippen molar-refractivity contribution in [2.45, 2.75) is 30.1 Å². The van der Waals surface area contributed by atoms with Crippen LogP contribution in [0.15, 0.2) is 95.5 Å². The normalized spacial score (nSPS) is 18.1. The quantitative estimate of drug-likeness (QED) is 0.212. The van der Waals surface area contributed by atoms with Crippen molar-refractivity contribution in [3.63, 3.8) is 0 Å². The topological polar surface area (TPSA) is 94.3 Å². The number of benzene rings is 3. The summed E-state index contributed by atoms with van der Waals surface area (Å²) in [6.07, 6.45) is -0.966. The Labute approximate surface area is 213 Å². The van der Waals surface area contributed by atoms with E-state index in [1.54, 1.807) is 18.7 Å². The molecule has 0 bridgehead atoms. The highest BCUT2D eigenvalue weighted by Gasteiger charge is 2.53. The van der Waals surface area contributed by atoms with Gasteiger partial charge < -0.3 is 14.6 Å². The summed E-state index contributed by atoms with van der Waals surface area (Å²) in [6.45, 7) is 2.96. The van der Waals surface area contributed by atoms with Gasteiger partial charge in [-0.1, -0.05) is 96.2 Å². The summed E-state index contributed by atoms with van der Waals surface area (Å²) < 4.78 is 10.1. The molecule has 182 valence electrons. The third kappa shape index (κ3) is 4.40. The van der Waals surface area contributed by atoms with Gasteiger partial charge in [-0.15, -0.1) is 11.8 Å². The van der Waals surface area contributed by atoms with Gasteiger partial charge in [0.15, 0.2) is 6.10 Å². The number of amides is 1. The Balaban J connectivity index is 1.63. The molecule has 36 heavy (non-hydrogen) atoms. The summed E-state index contributed by atoms with van der Waals surface area (Å²) in [6, 6.07) is 30.6. The molecule has 3 atom stereocenters. The fourth-order valence-electron chi connectivity index (χ4n) is 4.58. The number of β-lactam (4-membered cyclic amide) rings is 1. The molecule has 4 aromatic rings. The summed E-state index contributed by atoms with van der Waals surface area (Å²) in [7, 11) is 0. The monoisotopic (exact) mass is 499 g/mol.